The summed E-state index contributed by atoms with van der Waals surface area (Å²) in [4.78, 5) is 8.74. The number of pyridine rings is 2. The van der Waals surface area contributed by atoms with Crippen molar-refractivity contribution in [2.75, 3.05) is 18.8 Å². The topological polar surface area (TPSA) is 103 Å². The second-order valence-electron chi connectivity index (χ2n) is 8.99. The highest BCUT2D eigenvalue weighted by atomic mass is 35.5. The summed E-state index contributed by atoms with van der Waals surface area (Å²) in [7, 11) is 0. The third kappa shape index (κ3) is 4.63. The molecule has 1 unspecified atom stereocenters. The van der Waals surface area contributed by atoms with Crippen LogP contribution < -0.4 is 20.5 Å². The summed E-state index contributed by atoms with van der Waals surface area (Å²) in [5.41, 5.74) is 7.94. The molecule has 0 amide bonds. The molecule has 5 rings (SSSR count). The third-order valence-electron chi connectivity index (χ3n) is 6.61. The number of halogens is 3. The fraction of sp³-hybridized carbons (Fsp3) is 0.360. The fourth-order valence-corrected chi connectivity index (χ4v) is 5.41. The molecule has 1 spiro atoms. The maximum Gasteiger partial charge on any atom is 0.166 e. The van der Waals surface area contributed by atoms with Gasteiger partial charge in [-0.05, 0) is 57.1 Å². The van der Waals surface area contributed by atoms with Crippen molar-refractivity contribution >= 4 is 29.0 Å². The molecule has 7 nitrogen and oxygen atoms in total. The quantitative estimate of drug-likeness (QED) is 0.405. The lowest BCUT2D eigenvalue weighted by atomic mass is 9.83. The van der Waals surface area contributed by atoms with Gasteiger partial charge in [-0.2, -0.15) is 0 Å². The summed E-state index contributed by atoms with van der Waals surface area (Å²) in [5.74, 6) is 0.430. The van der Waals surface area contributed by atoms with Gasteiger partial charge in [-0.3, -0.25) is 4.98 Å². The Hall–Kier alpha value is -2.65. The Balaban J connectivity index is 1.45. The number of benzene rings is 1. The number of nitrogen functional groups attached to an aromatic ring is 1. The largest absolute Gasteiger partial charge is 0.485 e. The van der Waals surface area contributed by atoms with Crippen molar-refractivity contribution in [3.8, 4) is 22.6 Å². The molecule has 1 saturated heterocycles. The standard InChI is InChI=1S/C25H25Cl2FN4O3/c1-13(21-16(26)2-3-17(28)22(21)27)34-20-9-15(12-32-24(20)29)14-8-19-23(31-11-14)18(33)10-25(35-19)4-6-30-7-5-25/h2-3,8-9,11-13,18,30,33H,4-7,10H2,1H3,(H2,29,32)/t13-,18?/m1/s1. The van der Waals surface area contributed by atoms with Crippen LogP contribution in [0.4, 0.5) is 10.2 Å². The molecule has 35 heavy (non-hydrogen) atoms. The minimum Gasteiger partial charge on any atom is -0.485 e. The Morgan fingerprint density at radius 3 is 2.69 bits per heavy atom. The number of nitrogens with two attached hydrogens (primary N) is 1. The van der Waals surface area contributed by atoms with Crippen LogP contribution in [-0.2, 0) is 0 Å². The van der Waals surface area contributed by atoms with E-state index in [1.807, 2.05) is 6.07 Å². The third-order valence-corrected chi connectivity index (χ3v) is 7.32. The van der Waals surface area contributed by atoms with Crippen molar-refractivity contribution in [1.29, 1.82) is 0 Å². The lowest BCUT2D eigenvalue weighted by Crippen LogP contribution is -2.49. The summed E-state index contributed by atoms with van der Waals surface area (Å²) in [6.45, 7) is 3.39. The number of fused-ring (bicyclic) bond motifs is 1. The molecular formula is C25H25Cl2FN4O3. The molecule has 4 N–H and O–H groups in total. The highest BCUT2D eigenvalue weighted by Crippen LogP contribution is 2.44. The van der Waals surface area contributed by atoms with Gasteiger partial charge in [0.2, 0.25) is 0 Å². The van der Waals surface area contributed by atoms with Crippen LogP contribution in [0.25, 0.3) is 11.1 Å². The van der Waals surface area contributed by atoms with Crippen LogP contribution in [-0.4, -0.2) is 33.8 Å². The van der Waals surface area contributed by atoms with Crippen molar-refractivity contribution in [3.05, 3.63) is 63.8 Å². The van der Waals surface area contributed by atoms with Crippen LogP contribution in [0.5, 0.6) is 11.5 Å². The van der Waals surface area contributed by atoms with Gasteiger partial charge in [0, 0.05) is 40.5 Å². The van der Waals surface area contributed by atoms with Crippen LogP contribution in [0.2, 0.25) is 10.0 Å². The molecule has 184 valence electrons. The second kappa shape index (κ2) is 9.43. The average Bonchev–Trinajstić information content (AvgIpc) is 2.83. The number of hydrogen-bond acceptors (Lipinski definition) is 7. The van der Waals surface area contributed by atoms with Crippen molar-refractivity contribution in [3.63, 3.8) is 0 Å². The summed E-state index contributed by atoms with van der Waals surface area (Å²) in [5, 5.41) is 14.2. The van der Waals surface area contributed by atoms with Gasteiger partial charge >= 0.3 is 0 Å². The van der Waals surface area contributed by atoms with Gasteiger partial charge in [-0.15, -0.1) is 0 Å². The van der Waals surface area contributed by atoms with E-state index in [0.717, 1.165) is 31.5 Å². The van der Waals surface area contributed by atoms with E-state index >= 15 is 0 Å². The minimum absolute atomic E-state index is 0.103. The number of anilines is 1. The number of aliphatic hydroxyl groups excluding tert-OH is 1. The smallest absolute Gasteiger partial charge is 0.166 e. The number of ether oxygens (including phenoxy) is 2. The number of hydrogen-bond donors (Lipinski definition) is 3. The molecule has 2 aromatic heterocycles. The number of aliphatic hydroxyl groups is 1. The predicted octanol–water partition coefficient (Wildman–Crippen LogP) is 5.25. The molecular weight excluding hydrogens is 494 g/mol. The lowest BCUT2D eigenvalue weighted by molar-refractivity contribution is -0.0358. The van der Waals surface area contributed by atoms with Crippen molar-refractivity contribution in [2.24, 2.45) is 0 Å². The zero-order valence-corrected chi connectivity index (χ0v) is 20.5. The van der Waals surface area contributed by atoms with E-state index < -0.39 is 23.6 Å². The van der Waals surface area contributed by atoms with E-state index in [4.69, 9.17) is 38.4 Å². The molecule has 10 heteroatoms. The highest BCUT2D eigenvalue weighted by molar-refractivity contribution is 6.36. The van der Waals surface area contributed by atoms with Crippen LogP contribution in [0.1, 0.15) is 49.7 Å². The first-order chi connectivity index (χ1) is 16.8. The van der Waals surface area contributed by atoms with Gasteiger partial charge < -0.3 is 25.6 Å². The van der Waals surface area contributed by atoms with Crippen LogP contribution in [0.3, 0.4) is 0 Å². The van der Waals surface area contributed by atoms with Gasteiger partial charge in [0.15, 0.2) is 11.6 Å². The summed E-state index contributed by atoms with van der Waals surface area (Å²) >= 11 is 12.4. The normalized spacial score (nSPS) is 19.6. The van der Waals surface area contributed by atoms with E-state index in [-0.39, 0.29) is 15.9 Å². The molecule has 0 saturated carbocycles. The van der Waals surface area contributed by atoms with E-state index in [1.54, 1.807) is 25.4 Å². The SMILES string of the molecule is C[C@@H](Oc1cc(-c2cnc3c(c2)OC2(CCNCC2)CC3O)cnc1N)c1c(Cl)ccc(F)c1Cl. The second-order valence-corrected chi connectivity index (χ2v) is 9.77. The van der Waals surface area contributed by atoms with Crippen molar-refractivity contribution < 1.29 is 19.0 Å². The summed E-state index contributed by atoms with van der Waals surface area (Å²) in [6.07, 6.45) is 4.06. The minimum atomic E-state index is -0.690. The highest BCUT2D eigenvalue weighted by Gasteiger charge is 2.42. The van der Waals surface area contributed by atoms with Gasteiger partial charge in [0.25, 0.3) is 0 Å². The fourth-order valence-electron chi connectivity index (χ4n) is 4.73. The van der Waals surface area contributed by atoms with Crippen LogP contribution in [0.15, 0.2) is 36.7 Å². The molecule has 0 bridgehead atoms. The molecule has 3 aromatic rings. The first kappa shape index (κ1) is 24.1. The maximum absolute atomic E-state index is 14.0. The molecule has 1 aromatic carbocycles. The molecule has 2 aliphatic heterocycles. The monoisotopic (exact) mass is 518 g/mol. The number of nitrogens with zero attached hydrogens (tertiary/aromatic N) is 2. The Morgan fingerprint density at radius 1 is 1.20 bits per heavy atom. The van der Waals surface area contributed by atoms with E-state index in [2.05, 4.69) is 15.3 Å². The van der Waals surface area contributed by atoms with E-state index in [9.17, 15) is 9.50 Å². The Morgan fingerprint density at radius 2 is 1.91 bits per heavy atom. The molecule has 1 fully saturated rings. The Kier molecular flexibility index (Phi) is 6.48. The first-order valence-electron chi connectivity index (χ1n) is 11.4. The van der Waals surface area contributed by atoms with E-state index in [0.29, 0.717) is 34.7 Å². The summed E-state index contributed by atoms with van der Waals surface area (Å²) < 4.78 is 26.4. The molecule has 2 aliphatic rings. The zero-order chi connectivity index (χ0) is 24.7. The van der Waals surface area contributed by atoms with Crippen LogP contribution in [0, 0.1) is 5.82 Å². The van der Waals surface area contributed by atoms with Crippen molar-refractivity contribution in [1.82, 2.24) is 15.3 Å². The Labute approximate surface area is 212 Å². The lowest BCUT2D eigenvalue weighted by Gasteiger charge is -2.43. The molecule has 0 aliphatic carbocycles. The maximum atomic E-state index is 14.0. The number of aromatic nitrogens is 2. The number of rotatable bonds is 4. The predicted molar refractivity (Wildman–Crippen MR) is 132 cm³/mol. The zero-order valence-electron chi connectivity index (χ0n) is 19.0. The summed E-state index contributed by atoms with van der Waals surface area (Å²) in [6, 6.07) is 6.21. The van der Waals surface area contributed by atoms with Gasteiger partial charge in [0.1, 0.15) is 35.1 Å². The van der Waals surface area contributed by atoms with Gasteiger partial charge in [-0.25, -0.2) is 9.37 Å². The van der Waals surface area contributed by atoms with Gasteiger partial charge in [-0.1, -0.05) is 23.2 Å². The molecule has 4 heterocycles. The number of piperidine rings is 1. The number of nitrogens with one attached hydrogen (secondary N) is 1. The van der Waals surface area contributed by atoms with Crippen LogP contribution >= 0.6 is 23.2 Å². The van der Waals surface area contributed by atoms with E-state index in [1.165, 1.54) is 12.1 Å². The molecule has 0 radical (unpaired) electrons. The molecule has 2 atom stereocenters. The van der Waals surface area contributed by atoms with Gasteiger partial charge in [0.05, 0.1) is 5.02 Å². The van der Waals surface area contributed by atoms with Crippen molar-refractivity contribution in [2.45, 2.75) is 44.0 Å². The first-order valence-corrected chi connectivity index (χ1v) is 12.2. The average molecular weight is 519 g/mol. The Bertz CT molecular complexity index is 1270.